The van der Waals surface area contributed by atoms with Crippen LogP contribution in [0.5, 0.6) is 0 Å². The molecular formula is C13H21N3OS. The molecule has 1 rings (SSSR count). The Hall–Kier alpha value is -1.23. The van der Waals surface area contributed by atoms with Crippen LogP contribution in [0, 0.1) is 0 Å². The number of anilines is 1. The van der Waals surface area contributed by atoms with Crippen molar-refractivity contribution >= 4 is 23.5 Å². The van der Waals surface area contributed by atoms with Crippen LogP contribution in [0.4, 0.5) is 5.82 Å². The Kier molecular flexibility index (Phi) is 6.57. The van der Waals surface area contributed by atoms with Gasteiger partial charge in [0.05, 0.1) is 5.56 Å². The van der Waals surface area contributed by atoms with Crippen molar-refractivity contribution in [3.8, 4) is 0 Å². The number of rotatable bonds is 7. The fraction of sp³-hybridized carbons (Fsp3) is 0.538. The highest BCUT2D eigenvalue weighted by atomic mass is 32.2. The fourth-order valence-corrected chi connectivity index (χ4v) is 1.96. The number of pyridine rings is 1. The van der Waals surface area contributed by atoms with E-state index in [9.17, 15) is 4.79 Å². The van der Waals surface area contributed by atoms with Gasteiger partial charge in [-0.3, -0.25) is 4.79 Å². The number of carbonyl (C=O) groups is 1. The van der Waals surface area contributed by atoms with Gasteiger partial charge in [-0.25, -0.2) is 4.98 Å². The lowest BCUT2D eigenvalue weighted by Gasteiger charge is -2.10. The molecule has 0 saturated heterocycles. The van der Waals surface area contributed by atoms with E-state index in [4.69, 9.17) is 0 Å². The predicted molar refractivity (Wildman–Crippen MR) is 78.4 cm³/mol. The van der Waals surface area contributed by atoms with Crippen LogP contribution in [0.3, 0.4) is 0 Å². The van der Waals surface area contributed by atoms with E-state index >= 15 is 0 Å². The summed E-state index contributed by atoms with van der Waals surface area (Å²) in [4.78, 5) is 17.4. The molecule has 0 fully saturated rings. The maximum absolute atomic E-state index is 11.7. The third-order valence-corrected chi connectivity index (χ3v) is 3.19. The van der Waals surface area contributed by atoms with Crippen LogP contribution < -0.4 is 5.32 Å². The molecule has 0 aliphatic carbocycles. The van der Waals surface area contributed by atoms with Crippen LogP contribution in [-0.4, -0.2) is 48.4 Å². The van der Waals surface area contributed by atoms with Gasteiger partial charge in [-0.05, 0) is 37.0 Å². The molecule has 18 heavy (non-hydrogen) atoms. The summed E-state index contributed by atoms with van der Waals surface area (Å²) in [5, 5.41) is 3.25. The Morgan fingerprint density at radius 1 is 1.39 bits per heavy atom. The average molecular weight is 267 g/mol. The van der Waals surface area contributed by atoms with E-state index in [1.165, 1.54) is 12.2 Å². The molecule has 0 aliphatic rings. The summed E-state index contributed by atoms with van der Waals surface area (Å²) in [5.41, 5.74) is 0.618. The molecule has 100 valence electrons. The maximum atomic E-state index is 11.7. The second-order valence-corrected chi connectivity index (χ2v) is 5.24. The number of nitrogens with zero attached hydrogens (tertiary/aromatic N) is 2. The van der Waals surface area contributed by atoms with Crippen molar-refractivity contribution in [1.82, 2.24) is 9.88 Å². The van der Waals surface area contributed by atoms with E-state index < -0.39 is 0 Å². The Bertz CT molecular complexity index is 365. The lowest BCUT2D eigenvalue weighted by Crippen LogP contribution is -2.21. The highest BCUT2D eigenvalue weighted by molar-refractivity contribution is 7.98. The number of carbonyl (C=O) groups excluding carboxylic acids is 1. The largest absolute Gasteiger partial charge is 0.370 e. The first kappa shape index (κ1) is 14.8. The number of unbranched alkanes of at least 4 members (excludes halogenated alkanes) is 1. The van der Waals surface area contributed by atoms with Gasteiger partial charge in [0, 0.05) is 26.8 Å². The number of thioether (sulfide) groups is 1. The molecule has 0 spiro atoms. The quantitative estimate of drug-likeness (QED) is 0.770. The molecule has 0 radical (unpaired) electrons. The molecule has 0 aliphatic heterocycles. The summed E-state index contributed by atoms with van der Waals surface area (Å²) in [6.45, 7) is 0.925. The van der Waals surface area contributed by atoms with E-state index in [0.717, 1.165) is 18.8 Å². The fourth-order valence-electron chi connectivity index (χ4n) is 1.47. The summed E-state index contributed by atoms with van der Waals surface area (Å²) in [7, 11) is 3.47. The van der Waals surface area contributed by atoms with Gasteiger partial charge < -0.3 is 10.2 Å². The average Bonchev–Trinajstić information content (AvgIpc) is 2.38. The van der Waals surface area contributed by atoms with Crippen LogP contribution in [0.2, 0.25) is 0 Å². The minimum Gasteiger partial charge on any atom is -0.370 e. The standard InChI is InChI=1S/C13H21N3OS/c1-16(2)13(17)11-6-7-12(15-10-11)14-8-4-5-9-18-3/h6-7,10H,4-5,8-9H2,1-3H3,(H,14,15). The van der Waals surface area contributed by atoms with Crippen molar-refractivity contribution < 1.29 is 4.79 Å². The van der Waals surface area contributed by atoms with Gasteiger partial charge in [-0.15, -0.1) is 0 Å². The number of nitrogens with one attached hydrogen (secondary N) is 1. The molecule has 4 nitrogen and oxygen atoms in total. The van der Waals surface area contributed by atoms with Crippen molar-refractivity contribution in [3.05, 3.63) is 23.9 Å². The van der Waals surface area contributed by atoms with Gasteiger partial charge >= 0.3 is 0 Å². The van der Waals surface area contributed by atoms with E-state index in [1.807, 2.05) is 17.8 Å². The Morgan fingerprint density at radius 2 is 2.17 bits per heavy atom. The van der Waals surface area contributed by atoms with E-state index in [0.29, 0.717) is 5.56 Å². The first-order valence-electron chi connectivity index (χ1n) is 6.05. The first-order chi connectivity index (χ1) is 8.65. The third-order valence-electron chi connectivity index (χ3n) is 2.50. The van der Waals surface area contributed by atoms with Crippen molar-refractivity contribution in [2.45, 2.75) is 12.8 Å². The summed E-state index contributed by atoms with van der Waals surface area (Å²) in [5.74, 6) is 2.01. The van der Waals surface area contributed by atoms with Gasteiger partial charge in [0.15, 0.2) is 0 Å². The van der Waals surface area contributed by atoms with Gasteiger partial charge in [0.2, 0.25) is 0 Å². The van der Waals surface area contributed by atoms with Crippen molar-refractivity contribution in [2.75, 3.05) is 38.0 Å². The van der Waals surface area contributed by atoms with Gasteiger partial charge in [0.25, 0.3) is 5.91 Å². The second-order valence-electron chi connectivity index (χ2n) is 4.26. The van der Waals surface area contributed by atoms with Crippen molar-refractivity contribution in [1.29, 1.82) is 0 Å². The SMILES string of the molecule is CSCCCCNc1ccc(C(=O)N(C)C)cn1. The number of hydrogen-bond acceptors (Lipinski definition) is 4. The van der Waals surface area contributed by atoms with E-state index in [1.54, 1.807) is 31.3 Å². The topological polar surface area (TPSA) is 45.2 Å². The number of amides is 1. The molecule has 5 heteroatoms. The van der Waals surface area contributed by atoms with Crippen molar-refractivity contribution in [3.63, 3.8) is 0 Å². The highest BCUT2D eigenvalue weighted by Gasteiger charge is 2.07. The third kappa shape index (κ3) is 4.96. The molecule has 1 heterocycles. The molecule has 0 aromatic carbocycles. The van der Waals surface area contributed by atoms with Crippen LogP contribution in [0.15, 0.2) is 18.3 Å². The lowest BCUT2D eigenvalue weighted by molar-refractivity contribution is 0.0827. The molecule has 0 unspecified atom stereocenters. The number of hydrogen-bond donors (Lipinski definition) is 1. The first-order valence-corrected chi connectivity index (χ1v) is 7.45. The molecule has 0 saturated carbocycles. The van der Waals surface area contributed by atoms with E-state index in [-0.39, 0.29) is 5.91 Å². The summed E-state index contributed by atoms with van der Waals surface area (Å²) >= 11 is 1.87. The minimum absolute atomic E-state index is 0.0194. The highest BCUT2D eigenvalue weighted by Crippen LogP contribution is 2.07. The zero-order chi connectivity index (χ0) is 13.4. The summed E-state index contributed by atoms with van der Waals surface area (Å²) in [6.07, 6.45) is 6.09. The zero-order valence-corrected chi connectivity index (χ0v) is 12.1. The van der Waals surface area contributed by atoms with Gasteiger partial charge in [-0.1, -0.05) is 0 Å². The molecule has 0 bridgehead atoms. The molecule has 1 aromatic rings. The second kappa shape index (κ2) is 7.97. The van der Waals surface area contributed by atoms with E-state index in [2.05, 4.69) is 16.6 Å². The number of aromatic nitrogens is 1. The summed E-state index contributed by atoms with van der Waals surface area (Å²) in [6, 6.07) is 3.66. The molecule has 0 atom stereocenters. The predicted octanol–water partition coefficient (Wildman–Crippen LogP) is 2.34. The monoisotopic (exact) mass is 267 g/mol. The molecular weight excluding hydrogens is 246 g/mol. The normalized spacial score (nSPS) is 10.2. The summed E-state index contributed by atoms with van der Waals surface area (Å²) < 4.78 is 0. The molecule has 1 amide bonds. The maximum Gasteiger partial charge on any atom is 0.254 e. The van der Waals surface area contributed by atoms with Crippen LogP contribution >= 0.6 is 11.8 Å². The van der Waals surface area contributed by atoms with Crippen LogP contribution in [0.25, 0.3) is 0 Å². The Morgan fingerprint density at radius 3 is 2.72 bits per heavy atom. The lowest BCUT2D eigenvalue weighted by atomic mass is 10.2. The Labute approximate surface area is 113 Å². The van der Waals surface area contributed by atoms with Crippen LogP contribution in [-0.2, 0) is 0 Å². The van der Waals surface area contributed by atoms with Crippen molar-refractivity contribution in [2.24, 2.45) is 0 Å². The molecule has 1 N–H and O–H groups in total. The van der Waals surface area contributed by atoms with Gasteiger partial charge in [0.1, 0.15) is 5.82 Å². The minimum atomic E-state index is -0.0194. The Balaban J connectivity index is 2.38. The zero-order valence-electron chi connectivity index (χ0n) is 11.3. The van der Waals surface area contributed by atoms with Gasteiger partial charge in [-0.2, -0.15) is 11.8 Å². The van der Waals surface area contributed by atoms with Crippen LogP contribution in [0.1, 0.15) is 23.2 Å². The smallest absolute Gasteiger partial charge is 0.254 e. The molecule has 1 aromatic heterocycles.